The molecule has 1 heterocycles. The van der Waals surface area contributed by atoms with E-state index in [2.05, 4.69) is 36.0 Å². The molecule has 0 fully saturated rings. The molecule has 0 radical (unpaired) electrons. The van der Waals surface area contributed by atoms with Crippen molar-refractivity contribution >= 4 is 23.0 Å². The summed E-state index contributed by atoms with van der Waals surface area (Å²) >= 11 is 6.49. The van der Waals surface area contributed by atoms with Crippen molar-refractivity contribution in [3.63, 3.8) is 0 Å². The molecule has 0 bridgehead atoms. The summed E-state index contributed by atoms with van der Waals surface area (Å²) in [6.07, 6.45) is 5.95. The molecule has 1 aromatic rings. The number of anilines is 2. The van der Waals surface area contributed by atoms with E-state index < -0.39 is 0 Å². The second kappa shape index (κ2) is 7.19. The Morgan fingerprint density at radius 1 is 1.05 bits per heavy atom. The number of unbranched alkanes of at least 4 members (excludes halogenated alkanes) is 3. The quantitative estimate of drug-likeness (QED) is 0.818. The monoisotopic (exact) mass is 295 g/mol. The first-order chi connectivity index (χ1) is 9.63. The van der Waals surface area contributed by atoms with E-state index in [4.69, 9.17) is 17.3 Å². The lowest BCUT2D eigenvalue weighted by Gasteiger charge is -2.35. The van der Waals surface area contributed by atoms with E-state index in [-0.39, 0.29) is 0 Å². The van der Waals surface area contributed by atoms with Crippen LogP contribution in [-0.4, -0.2) is 33.7 Å². The third-order valence-electron chi connectivity index (χ3n) is 4.09. The average Bonchev–Trinajstić information content (AvgIpc) is 2.42. The van der Waals surface area contributed by atoms with Gasteiger partial charge in [0.15, 0.2) is 0 Å². The van der Waals surface area contributed by atoms with Crippen LogP contribution in [0.1, 0.15) is 31.2 Å². The zero-order chi connectivity index (χ0) is 14.5. The van der Waals surface area contributed by atoms with Gasteiger partial charge in [-0.25, -0.2) is 0 Å². The molecule has 1 aromatic carbocycles. The molecule has 0 aromatic heterocycles. The van der Waals surface area contributed by atoms with Crippen LogP contribution in [0.25, 0.3) is 0 Å². The molecule has 0 atom stereocenters. The van der Waals surface area contributed by atoms with Crippen molar-refractivity contribution in [1.29, 1.82) is 0 Å². The SMILES string of the molecule is CN1CCN(C)c2c(Cl)cc(CCCCCCN)cc21. The average molecular weight is 296 g/mol. The van der Waals surface area contributed by atoms with E-state index in [9.17, 15) is 0 Å². The number of fused-ring (bicyclic) bond motifs is 1. The Morgan fingerprint density at radius 3 is 2.50 bits per heavy atom. The molecule has 1 aliphatic rings. The number of hydrogen-bond donors (Lipinski definition) is 1. The first kappa shape index (κ1) is 15.5. The zero-order valence-electron chi connectivity index (χ0n) is 12.7. The lowest BCUT2D eigenvalue weighted by Crippen LogP contribution is -2.37. The molecule has 0 aliphatic carbocycles. The summed E-state index contributed by atoms with van der Waals surface area (Å²) in [4.78, 5) is 4.56. The summed E-state index contributed by atoms with van der Waals surface area (Å²) in [6, 6.07) is 4.44. The number of aryl methyl sites for hydroxylation is 1. The third-order valence-corrected chi connectivity index (χ3v) is 4.37. The van der Waals surface area contributed by atoms with Crippen LogP contribution in [0, 0.1) is 0 Å². The second-order valence-corrected chi connectivity index (χ2v) is 6.15. The zero-order valence-corrected chi connectivity index (χ0v) is 13.4. The van der Waals surface area contributed by atoms with Crippen molar-refractivity contribution < 1.29 is 0 Å². The minimum absolute atomic E-state index is 0.807. The fourth-order valence-electron chi connectivity index (χ4n) is 2.81. The van der Waals surface area contributed by atoms with Gasteiger partial charge in [-0.2, -0.15) is 0 Å². The highest BCUT2D eigenvalue weighted by Crippen LogP contribution is 2.39. The third kappa shape index (κ3) is 3.58. The highest BCUT2D eigenvalue weighted by Gasteiger charge is 2.21. The normalized spacial score (nSPS) is 14.6. The molecule has 0 saturated heterocycles. The number of halogens is 1. The molecule has 0 saturated carbocycles. The summed E-state index contributed by atoms with van der Waals surface area (Å²) in [5.74, 6) is 0. The van der Waals surface area contributed by atoms with Crippen LogP contribution in [0.2, 0.25) is 5.02 Å². The highest BCUT2D eigenvalue weighted by atomic mass is 35.5. The van der Waals surface area contributed by atoms with E-state index in [1.165, 1.54) is 36.2 Å². The van der Waals surface area contributed by atoms with E-state index in [1.807, 2.05) is 0 Å². The first-order valence-electron chi connectivity index (χ1n) is 7.58. The van der Waals surface area contributed by atoms with Crippen LogP contribution in [0.15, 0.2) is 12.1 Å². The lowest BCUT2D eigenvalue weighted by atomic mass is 10.0. The number of likely N-dealkylation sites (N-methyl/N-ethyl adjacent to an activating group) is 2. The van der Waals surface area contributed by atoms with E-state index in [1.54, 1.807) is 0 Å². The Morgan fingerprint density at radius 2 is 1.75 bits per heavy atom. The predicted octanol–water partition coefficient (Wildman–Crippen LogP) is 3.29. The minimum Gasteiger partial charge on any atom is -0.371 e. The summed E-state index contributed by atoms with van der Waals surface area (Å²) in [6.45, 7) is 2.89. The Labute approximate surface area is 127 Å². The topological polar surface area (TPSA) is 32.5 Å². The van der Waals surface area contributed by atoms with Gasteiger partial charge in [0.05, 0.1) is 16.4 Å². The van der Waals surface area contributed by atoms with Gasteiger partial charge in [-0.3, -0.25) is 0 Å². The molecular weight excluding hydrogens is 270 g/mol. The molecule has 112 valence electrons. The molecule has 20 heavy (non-hydrogen) atoms. The van der Waals surface area contributed by atoms with Crippen molar-refractivity contribution in [2.75, 3.05) is 43.5 Å². The summed E-state index contributed by atoms with van der Waals surface area (Å²) in [7, 11) is 4.26. The van der Waals surface area contributed by atoms with Gasteiger partial charge in [0.2, 0.25) is 0 Å². The Bertz CT molecular complexity index is 448. The van der Waals surface area contributed by atoms with Crippen molar-refractivity contribution in [3.05, 3.63) is 22.7 Å². The van der Waals surface area contributed by atoms with Gasteiger partial charge in [0.1, 0.15) is 0 Å². The highest BCUT2D eigenvalue weighted by molar-refractivity contribution is 6.34. The molecule has 4 heteroatoms. The van der Waals surface area contributed by atoms with Crippen LogP contribution in [0.5, 0.6) is 0 Å². The van der Waals surface area contributed by atoms with Crippen LogP contribution in [0.4, 0.5) is 11.4 Å². The maximum atomic E-state index is 6.49. The first-order valence-corrected chi connectivity index (χ1v) is 7.96. The summed E-state index contributed by atoms with van der Waals surface area (Å²) in [5, 5.41) is 0.883. The molecule has 2 N–H and O–H groups in total. The number of rotatable bonds is 6. The number of nitrogens with zero attached hydrogens (tertiary/aromatic N) is 2. The lowest BCUT2D eigenvalue weighted by molar-refractivity contribution is 0.646. The van der Waals surface area contributed by atoms with Crippen molar-refractivity contribution in [1.82, 2.24) is 0 Å². The maximum Gasteiger partial charge on any atom is 0.0791 e. The molecule has 0 unspecified atom stereocenters. The predicted molar refractivity (Wildman–Crippen MR) is 89.2 cm³/mol. The number of nitrogens with two attached hydrogens (primary N) is 1. The van der Waals surface area contributed by atoms with Gasteiger partial charge >= 0.3 is 0 Å². The van der Waals surface area contributed by atoms with E-state index in [0.29, 0.717) is 0 Å². The van der Waals surface area contributed by atoms with Gasteiger partial charge in [-0.1, -0.05) is 24.4 Å². The summed E-state index contributed by atoms with van der Waals surface area (Å²) in [5.41, 5.74) is 9.31. The fourth-order valence-corrected chi connectivity index (χ4v) is 3.19. The standard InChI is InChI=1S/C16H26ClN3/c1-19-9-10-20(2)16-14(17)11-13(12-15(16)19)7-5-3-4-6-8-18/h11-12H,3-10,18H2,1-2H3. The van der Waals surface area contributed by atoms with Crippen LogP contribution in [-0.2, 0) is 6.42 Å². The minimum atomic E-state index is 0.807. The van der Waals surface area contributed by atoms with Gasteiger partial charge in [0.25, 0.3) is 0 Å². The molecule has 2 rings (SSSR count). The Balaban J connectivity index is 2.05. The van der Waals surface area contributed by atoms with Gasteiger partial charge in [-0.15, -0.1) is 0 Å². The van der Waals surface area contributed by atoms with E-state index in [0.717, 1.165) is 37.5 Å². The number of benzene rings is 1. The van der Waals surface area contributed by atoms with Crippen molar-refractivity contribution in [3.8, 4) is 0 Å². The van der Waals surface area contributed by atoms with Crippen molar-refractivity contribution in [2.24, 2.45) is 5.73 Å². The summed E-state index contributed by atoms with van der Waals surface area (Å²) < 4.78 is 0. The fraction of sp³-hybridized carbons (Fsp3) is 0.625. The van der Waals surface area contributed by atoms with Gasteiger partial charge in [0, 0.05) is 27.2 Å². The molecular formula is C16H26ClN3. The van der Waals surface area contributed by atoms with Crippen LogP contribution >= 0.6 is 11.6 Å². The molecule has 0 spiro atoms. The van der Waals surface area contributed by atoms with Crippen LogP contribution in [0.3, 0.4) is 0 Å². The van der Waals surface area contributed by atoms with Gasteiger partial charge in [-0.05, 0) is 43.5 Å². The van der Waals surface area contributed by atoms with Crippen molar-refractivity contribution in [2.45, 2.75) is 32.1 Å². The van der Waals surface area contributed by atoms with Gasteiger partial charge < -0.3 is 15.5 Å². The number of hydrogen-bond acceptors (Lipinski definition) is 3. The smallest absolute Gasteiger partial charge is 0.0791 e. The largest absolute Gasteiger partial charge is 0.371 e. The Kier molecular flexibility index (Phi) is 5.55. The molecule has 0 amide bonds. The van der Waals surface area contributed by atoms with Crippen LogP contribution < -0.4 is 15.5 Å². The molecule has 1 aliphatic heterocycles. The second-order valence-electron chi connectivity index (χ2n) is 5.74. The maximum absolute atomic E-state index is 6.49. The van der Waals surface area contributed by atoms with E-state index >= 15 is 0 Å². The Hall–Kier alpha value is -0.930. The molecule has 3 nitrogen and oxygen atoms in total.